The summed E-state index contributed by atoms with van der Waals surface area (Å²) in [5, 5.41) is 0. The molecule has 0 radical (unpaired) electrons. The second-order valence-electron chi connectivity index (χ2n) is 5.52. The maximum atomic E-state index is 5.39. The maximum absolute atomic E-state index is 5.39. The molecule has 1 aromatic heterocycles. The number of aromatic nitrogens is 2. The Bertz CT molecular complexity index is 464. The van der Waals surface area contributed by atoms with E-state index < -0.39 is 0 Å². The van der Waals surface area contributed by atoms with Crippen LogP contribution in [0.4, 0.5) is 0 Å². The Morgan fingerprint density at radius 2 is 2.11 bits per heavy atom. The van der Waals surface area contributed by atoms with Gasteiger partial charge in [0.15, 0.2) is 0 Å². The molecule has 1 aliphatic carbocycles. The molecule has 2 nitrogen and oxygen atoms in total. The van der Waals surface area contributed by atoms with Crippen molar-refractivity contribution in [2.45, 2.75) is 65.2 Å². The predicted molar refractivity (Wildman–Crippen MR) is 78.5 cm³/mol. The number of nitrogens with one attached hydrogen (secondary N) is 1. The third-order valence-corrected chi connectivity index (χ3v) is 4.77. The number of hydrogen-bond donors (Lipinski definition) is 1. The van der Waals surface area contributed by atoms with Gasteiger partial charge in [0.05, 0.1) is 0 Å². The van der Waals surface area contributed by atoms with Crippen LogP contribution in [-0.4, -0.2) is 9.97 Å². The molecule has 3 heteroatoms. The Balaban J connectivity index is 2.27. The molecule has 2 rings (SSSR count). The lowest BCUT2D eigenvalue weighted by atomic mass is 9.80. The fraction of sp³-hybridized carbons (Fsp3) is 0.733. The summed E-state index contributed by atoms with van der Waals surface area (Å²) in [6, 6.07) is 0. The summed E-state index contributed by atoms with van der Waals surface area (Å²) in [6.07, 6.45) is 7.57. The van der Waals surface area contributed by atoms with Gasteiger partial charge in [0.1, 0.15) is 10.5 Å². The lowest BCUT2D eigenvalue weighted by molar-refractivity contribution is 0.306. The molecule has 1 heterocycles. The highest BCUT2D eigenvalue weighted by atomic mass is 32.1. The van der Waals surface area contributed by atoms with Gasteiger partial charge in [-0.3, -0.25) is 0 Å². The van der Waals surface area contributed by atoms with Gasteiger partial charge in [0.2, 0.25) is 0 Å². The maximum Gasteiger partial charge on any atom is 0.132 e. The first-order chi connectivity index (χ1) is 8.65. The van der Waals surface area contributed by atoms with Crippen LogP contribution in [0.15, 0.2) is 0 Å². The van der Waals surface area contributed by atoms with E-state index in [0.717, 1.165) is 28.4 Å². The second-order valence-corrected chi connectivity index (χ2v) is 5.91. The third-order valence-electron chi connectivity index (χ3n) is 4.37. The lowest BCUT2D eigenvalue weighted by Gasteiger charge is -2.28. The Morgan fingerprint density at radius 3 is 2.78 bits per heavy atom. The van der Waals surface area contributed by atoms with Crippen LogP contribution >= 0.6 is 12.2 Å². The van der Waals surface area contributed by atoms with Crippen molar-refractivity contribution in [3.05, 3.63) is 21.7 Å². The summed E-state index contributed by atoms with van der Waals surface area (Å²) >= 11 is 5.39. The molecule has 0 aromatic carbocycles. The van der Waals surface area contributed by atoms with Gasteiger partial charge in [-0.15, -0.1) is 0 Å². The highest BCUT2D eigenvalue weighted by Crippen LogP contribution is 2.36. The summed E-state index contributed by atoms with van der Waals surface area (Å²) in [5.74, 6) is 2.61. The number of rotatable bonds is 3. The summed E-state index contributed by atoms with van der Waals surface area (Å²) in [5.41, 5.74) is 2.42. The molecule has 0 bridgehead atoms. The van der Waals surface area contributed by atoms with Crippen LogP contribution in [0, 0.1) is 17.5 Å². The van der Waals surface area contributed by atoms with E-state index in [1.807, 2.05) is 0 Å². The van der Waals surface area contributed by atoms with E-state index in [2.05, 4.69) is 30.7 Å². The molecule has 2 atom stereocenters. The predicted octanol–water partition coefficient (Wildman–Crippen LogP) is 4.69. The Morgan fingerprint density at radius 1 is 1.33 bits per heavy atom. The minimum Gasteiger partial charge on any atom is -0.347 e. The molecule has 0 spiro atoms. The zero-order chi connectivity index (χ0) is 13.1. The first-order valence-corrected chi connectivity index (χ1v) is 7.66. The van der Waals surface area contributed by atoms with E-state index in [-0.39, 0.29) is 0 Å². The molecule has 1 saturated carbocycles. The van der Waals surface area contributed by atoms with E-state index in [1.54, 1.807) is 0 Å². The topological polar surface area (TPSA) is 28.7 Å². The van der Waals surface area contributed by atoms with E-state index in [1.165, 1.54) is 37.8 Å². The highest BCUT2D eigenvalue weighted by Gasteiger charge is 2.24. The van der Waals surface area contributed by atoms with Crippen molar-refractivity contribution in [3.63, 3.8) is 0 Å². The Labute approximate surface area is 115 Å². The first-order valence-electron chi connectivity index (χ1n) is 7.25. The van der Waals surface area contributed by atoms with Crippen molar-refractivity contribution in [2.75, 3.05) is 0 Å². The van der Waals surface area contributed by atoms with Crippen LogP contribution < -0.4 is 0 Å². The van der Waals surface area contributed by atoms with Crippen molar-refractivity contribution in [1.29, 1.82) is 0 Å². The summed E-state index contributed by atoms with van der Waals surface area (Å²) in [6.45, 7) is 6.55. The fourth-order valence-electron chi connectivity index (χ4n) is 3.06. The summed E-state index contributed by atoms with van der Waals surface area (Å²) < 4.78 is 0.791. The Hall–Kier alpha value is -0.700. The first kappa shape index (κ1) is 13.7. The minimum absolute atomic E-state index is 0.594. The minimum atomic E-state index is 0.594. The SMILES string of the molecule is CCc1[nH]c(C2CCCC(CC)C2)nc(=S)c1C. The number of nitrogens with zero attached hydrogens (tertiary/aromatic N) is 1. The van der Waals surface area contributed by atoms with Crippen molar-refractivity contribution in [3.8, 4) is 0 Å². The van der Waals surface area contributed by atoms with Gasteiger partial charge in [-0.2, -0.15) is 0 Å². The van der Waals surface area contributed by atoms with Crippen LogP contribution in [0.5, 0.6) is 0 Å². The van der Waals surface area contributed by atoms with Gasteiger partial charge in [-0.1, -0.05) is 45.3 Å². The van der Waals surface area contributed by atoms with Gasteiger partial charge in [-0.25, -0.2) is 4.98 Å². The average molecular weight is 264 g/mol. The molecule has 0 amide bonds. The van der Waals surface area contributed by atoms with Crippen LogP contribution in [0.2, 0.25) is 0 Å². The van der Waals surface area contributed by atoms with E-state index in [0.29, 0.717) is 5.92 Å². The number of aryl methyl sites for hydroxylation is 1. The third kappa shape index (κ3) is 2.82. The molecule has 1 aromatic rings. The number of H-pyrrole nitrogens is 1. The monoisotopic (exact) mass is 264 g/mol. The van der Waals surface area contributed by atoms with Crippen LogP contribution in [0.25, 0.3) is 0 Å². The van der Waals surface area contributed by atoms with Crippen LogP contribution in [0.1, 0.15) is 69.0 Å². The van der Waals surface area contributed by atoms with Crippen LogP contribution in [0.3, 0.4) is 0 Å². The lowest BCUT2D eigenvalue weighted by Crippen LogP contribution is -2.17. The summed E-state index contributed by atoms with van der Waals surface area (Å²) in [4.78, 5) is 8.17. The molecule has 1 aliphatic rings. The van der Waals surface area contributed by atoms with Gasteiger partial charge in [0, 0.05) is 17.2 Å². The number of hydrogen-bond acceptors (Lipinski definition) is 2. The van der Waals surface area contributed by atoms with Gasteiger partial charge >= 0.3 is 0 Å². The largest absolute Gasteiger partial charge is 0.347 e. The zero-order valence-electron chi connectivity index (χ0n) is 11.8. The Kier molecular flexibility index (Phi) is 4.55. The smallest absolute Gasteiger partial charge is 0.132 e. The molecular weight excluding hydrogens is 240 g/mol. The normalized spacial score (nSPS) is 24.2. The fourth-order valence-corrected chi connectivity index (χ4v) is 3.28. The van der Waals surface area contributed by atoms with Gasteiger partial charge in [-0.05, 0) is 32.1 Å². The van der Waals surface area contributed by atoms with Crippen molar-refractivity contribution < 1.29 is 0 Å². The van der Waals surface area contributed by atoms with Crippen molar-refractivity contribution in [1.82, 2.24) is 9.97 Å². The molecule has 1 N–H and O–H groups in total. The zero-order valence-corrected chi connectivity index (χ0v) is 12.6. The standard InChI is InChI=1S/C15H24N2S/c1-4-11-7-6-8-12(9-11)14-16-13(5-2)10(3)15(18)17-14/h11-12H,4-9H2,1-3H3,(H,16,17,18). The van der Waals surface area contributed by atoms with Crippen molar-refractivity contribution >= 4 is 12.2 Å². The van der Waals surface area contributed by atoms with Crippen molar-refractivity contribution in [2.24, 2.45) is 5.92 Å². The van der Waals surface area contributed by atoms with Crippen LogP contribution in [-0.2, 0) is 6.42 Å². The molecular formula is C15H24N2S. The van der Waals surface area contributed by atoms with E-state index in [4.69, 9.17) is 12.2 Å². The van der Waals surface area contributed by atoms with E-state index in [9.17, 15) is 0 Å². The molecule has 0 saturated heterocycles. The van der Waals surface area contributed by atoms with Gasteiger partial charge < -0.3 is 4.98 Å². The van der Waals surface area contributed by atoms with E-state index >= 15 is 0 Å². The molecule has 0 aliphatic heterocycles. The summed E-state index contributed by atoms with van der Waals surface area (Å²) in [7, 11) is 0. The molecule has 100 valence electrons. The average Bonchev–Trinajstić information content (AvgIpc) is 2.41. The molecule has 18 heavy (non-hydrogen) atoms. The highest BCUT2D eigenvalue weighted by molar-refractivity contribution is 7.71. The number of aromatic amines is 1. The second kappa shape index (κ2) is 5.96. The molecule has 2 unspecified atom stereocenters. The van der Waals surface area contributed by atoms with Gasteiger partial charge in [0.25, 0.3) is 0 Å². The quantitative estimate of drug-likeness (QED) is 0.802. The molecule has 1 fully saturated rings.